The fourth-order valence-corrected chi connectivity index (χ4v) is 2.24. The van der Waals surface area contributed by atoms with Gasteiger partial charge in [0, 0.05) is 17.5 Å². The molecule has 0 amide bonds. The molecule has 3 aromatic carbocycles. The molecule has 100 valence electrons. The van der Waals surface area contributed by atoms with Crippen LogP contribution in [0.4, 0.5) is 4.39 Å². The van der Waals surface area contributed by atoms with Gasteiger partial charge in [-0.15, -0.1) is 0 Å². The van der Waals surface area contributed by atoms with Gasteiger partial charge in [-0.2, -0.15) is 0 Å². The molecule has 0 aliphatic carbocycles. The summed E-state index contributed by atoms with van der Waals surface area (Å²) in [6, 6.07) is 18.4. The van der Waals surface area contributed by atoms with Crippen molar-refractivity contribution in [3.63, 3.8) is 0 Å². The van der Waals surface area contributed by atoms with Gasteiger partial charge in [0.05, 0.1) is 0 Å². The first kappa shape index (κ1) is 12.6. The van der Waals surface area contributed by atoms with Crippen LogP contribution in [0.25, 0.3) is 10.8 Å². The third-order valence-corrected chi connectivity index (χ3v) is 3.25. The molecule has 0 saturated carbocycles. The van der Waals surface area contributed by atoms with E-state index in [4.69, 9.17) is 10.5 Å². The molecule has 0 saturated heterocycles. The highest BCUT2D eigenvalue weighted by Gasteiger charge is 2.10. The molecule has 0 radical (unpaired) electrons. The zero-order valence-corrected chi connectivity index (χ0v) is 10.8. The van der Waals surface area contributed by atoms with Crippen molar-refractivity contribution in [1.82, 2.24) is 0 Å². The molecular weight excluding hydrogens is 253 g/mol. The Labute approximate surface area is 116 Å². The molecule has 0 fully saturated rings. The molecular formula is C17H14FNO. The summed E-state index contributed by atoms with van der Waals surface area (Å²) in [5.74, 6) is 0.817. The van der Waals surface area contributed by atoms with Gasteiger partial charge < -0.3 is 10.5 Å². The topological polar surface area (TPSA) is 35.2 Å². The summed E-state index contributed by atoms with van der Waals surface area (Å²) in [5.41, 5.74) is 5.99. The fourth-order valence-electron chi connectivity index (χ4n) is 2.24. The summed E-state index contributed by atoms with van der Waals surface area (Å²) in [7, 11) is 0. The smallest absolute Gasteiger partial charge is 0.135 e. The van der Waals surface area contributed by atoms with Crippen LogP contribution in [0, 0.1) is 5.82 Å². The maximum Gasteiger partial charge on any atom is 0.135 e. The van der Waals surface area contributed by atoms with Crippen LogP contribution in [-0.4, -0.2) is 0 Å². The van der Waals surface area contributed by atoms with Crippen molar-refractivity contribution >= 4 is 10.8 Å². The Balaban J connectivity index is 2.08. The zero-order valence-electron chi connectivity index (χ0n) is 10.8. The van der Waals surface area contributed by atoms with Gasteiger partial charge in [0.15, 0.2) is 0 Å². The van der Waals surface area contributed by atoms with Gasteiger partial charge in [0.25, 0.3) is 0 Å². The molecule has 0 atom stereocenters. The molecule has 3 heteroatoms. The predicted octanol–water partition coefficient (Wildman–Crippen LogP) is 4.23. The van der Waals surface area contributed by atoms with E-state index < -0.39 is 0 Å². The zero-order chi connectivity index (χ0) is 13.9. The number of nitrogens with two attached hydrogens (primary N) is 1. The van der Waals surface area contributed by atoms with Crippen molar-refractivity contribution < 1.29 is 9.13 Å². The molecule has 2 N–H and O–H groups in total. The molecule has 3 aromatic rings. The summed E-state index contributed by atoms with van der Waals surface area (Å²) in [5, 5.41) is 2.07. The van der Waals surface area contributed by atoms with E-state index in [1.54, 1.807) is 12.1 Å². The number of benzene rings is 3. The second kappa shape index (κ2) is 5.31. The number of fused-ring (bicyclic) bond motifs is 1. The normalized spacial score (nSPS) is 10.7. The van der Waals surface area contributed by atoms with Crippen LogP contribution < -0.4 is 10.5 Å². The van der Waals surface area contributed by atoms with Crippen LogP contribution in [0.15, 0.2) is 60.7 Å². The summed E-state index contributed by atoms with van der Waals surface area (Å²) >= 11 is 0. The molecule has 0 aliphatic rings. The number of halogens is 1. The van der Waals surface area contributed by atoms with E-state index in [-0.39, 0.29) is 12.4 Å². The lowest BCUT2D eigenvalue weighted by Crippen LogP contribution is -2.02. The molecule has 2 nitrogen and oxygen atoms in total. The predicted molar refractivity (Wildman–Crippen MR) is 78.3 cm³/mol. The summed E-state index contributed by atoms with van der Waals surface area (Å²) in [6.45, 7) is 0.104. The lowest BCUT2D eigenvalue weighted by atomic mass is 10.1. The monoisotopic (exact) mass is 267 g/mol. The van der Waals surface area contributed by atoms with E-state index in [9.17, 15) is 4.39 Å². The van der Waals surface area contributed by atoms with Gasteiger partial charge in [-0.05, 0) is 23.6 Å². The fraction of sp³-hybridized carbons (Fsp3) is 0.0588. The van der Waals surface area contributed by atoms with E-state index in [1.165, 1.54) is 6.07 Å². The third-order valence-electron chi connectivity index (χ3n) is 3.25. The van der Waals surface area contributed by atoms with Crippen molar-refractivity contribution in [2.45, 2.75) is 6.54 Å². The van der Waals surface area contributed by atoms with Gasteiger partial charge >= 0.3 is 0 Å². The minimum absolute atomic E-state index is 0.104. The van der Waals surface area contributed by atoms with Crippen molar-refractivity contribution in [3.05, 3.63) is 72.0 Å². The average molecular weight is 267 g/mol. The maximum atomic E-state index is 13.7. The Morgan fingerprint density at radius 1 is 0.850 bits per heavy atom. The summed E-state index contributed by atoms with van der Waals surface area (Å²) < 4.78 is 19.6. The van der Waals surface area contributed by atoms with Crippen LogP contribution in [0.2, 0.25) is 0 Å². The number of rotatable bonds is 3. The molecule has 0 bridgehead atoms. The van der Waals surface area contributed by atoms with Gasteiger partial charge in [0.1, 0.15) is 17.3 Å². The molecule has 0 aliphatic heterocycles. The van der Waals surface area contributed by atoms with E-state index >= 15 is 0 Å². The Morgan fingerprint density at radius 3 is 2.40 bits per heavy atom. The van der Waals surface area contributed by atoms with Crippen molar-refractivity contribution in [3.8, 4) is 11.5 Å². The van der Waals surface area contributed by atoms with Crippen LogP contribution in [0.5, 0.6) is 11.5 Å². The number of hydrogen-bond donors (Lipinski definition) is 1. The first-order chi connectivity index (χ1) is 9.79. The number of hydrogen-bond acceptors (Lipinski definition) is 2. The first-order valence-electron chi connectivity index (χ1n) is 6.42. The highest BCUT2D eigenvalue weighted by Crippen LogP contribution is 2.32. The van der Waals surface area contributed by atoms with Crippen molar-refractivity contribution in [1.29, 1.82) is 0 Å². The van der Waals surface area contributed by atoms with E-state index in [1.807, 2.05) is 42.5 Å². The Bertz CT molecular complexity index is 750. The lowest BCUT2D eigenvalue weighted by Gasteiger charge is -2.12. The molecule has 20 heavy (non-hydrogen) atoms. The largest absolute Gasteiger partial charge is 0.456 e. The highest BCUT2D eigenvalue weighted by molar-refractivity contribution is 5.88. The molecule has 0 aromatic heterocycles. The minimum atomic E-state index is -0.342. The molecule has 0 spiro atoms. The van der Waals surface area contributed by atoms with Gasteiger partial charge in [-0.25, -0.2) is 4.39 Å². The van der Waals surface area contributed by atoms with E-state index in [2.05, 4.69) is 0 Å². The van der Waals surface area contributed by atoms with Crippen molar-refractivity contribution in [2.75, 3.05) is 0 Å². The second-order valence-corrected chi connectivity index (χ2v) is 4.50. The Kier molecular flexibility index (Phi) is 3.35. The molecule has 0 heterocycles. The first-order valence-corrected chi connectivity index (χ1v) is 6.42. The van der Waals surface area contributed by atoms with Crippen LogP contribution in [0.3, 0.4) is 0 Å². The molecule has 3 rings (SSSR count). The number of ether oxygens (including phenoxy) is 1. The van der Waals surface area contributed by atoms with E-state index in [0.717, 1.165) is 10.8 Å². The van der Waals surface area contributed by atoms with Gasteiger partial charge in [0.2, 0.25) is 0 Å². The van der Waals surface area contributed by atoms with Crippen LogP contribution in [-0.2, 0) is 6.54 Å². The van der Waals surface area contributed by atoms with Crippen LogP contribution >= 0.6 is 0 Å². The Hall–Kier alpha value is -2.39. The standard InChI is InChI=1S/C17H14FNO/c18-15-8-4-10-17(14(15)11-19)20-16-9-3-6-12-5-1-2-7-13(12)16/h1-10H,11,19H2. The van der Waals surface area contributed by atoms with Crippen molar-refractivity contribution in [2.24, 2.45) is 5.73 Å². The summed E-state index contributed by atoms with van der Waals surface area (Å²) in [4.78, 5) is 0. The van der Waals surface area contributed by atoms with Gasteiger partial charge in [-0.1, -0.05) is 42.5 Å². The quantitative estimate of drug-likeness (QED) is 0.770. The lowest BCUT2D eigenvalue weighted by molar-refractivity contribution is 0.472. The van der Waals surface area contributed by atoms with Gasteiger partial charge in [-0.3, -0.25) is 0 Å². The highest BCUT2D eigenvalue weighted by atomic mass is 19.1. The summed E-state index contributed by atoms with van der Waals surface area (Å²) in [6.07, 6.45) is 0. The van der Waals surface area contributed by atoms with Crippen LogP contribution in [0.1, 0.15) is 5.56 Å². The average Bonchev–Trinajstić information content (AvgIpc) is 2.48. The SMILES string of the molecule is NCc1c(F)cccc1Oc1cccc2ccccc12. The molecule has 0 unspecified atom stereocenters. The second-order valence-electron chi connectivity index (χ2n) is 4.50. The maximum absolute atomic E-state index is 13.7. The minimum Gasteiger partial charge on any atom is -0.456 e. The van der Waals surface area contributed by atoms with E-state index in [0.29, 0.717) is 17.1 Å². The third kappa shape index (κ3) is 2.24. The Morgan fingerprint density at radius 2 is 1.55 bits per heavy atom.